The summed E-state index contributed by atoms with van der Waals surface area (Å²) >= 11 is 0. The zero-order valence-corrected chi connectivity index (χ0v) is 18.1. The molecule has 0 heterocycles. The van der Waals surface area contributed by atoms with Crippen molar-refractivity contribution in [1.29, 1.82) is 0 Å². The van der Waals surface area contributed by atoms with Crippen molar-refractivity contribution < 1.29 is 9.59 Å². The Morgan fingerprint density at radius 2 is 1.52 bits per heavy atom. The van der Waals surface area contributed by atoms with Gasteiger partial charge in [-0.3, -0.25) is 9.59 Å². The number of nitrogens with zero attached hydrogens (tertiary/aromatic N) is 1. The molecule has 0 aliphatic heterocycles. The third-order valence-electron chi connectivity index (χ3n) is 4.82. The van der Waals surface area contributed by atoms with Gasteiger partial charge in [-0.25, -0.2) is 0 Å². The first-order chi connectivity index (χ1) is 14.9. The third kappa shape index (κ3) is 6.31. The number of hydrogen-bond donors (Lipinski definition) is 2. The van der Waals surface area contributed by atoms with E-state index in [0.29, 0.717) is 12.1 Å². The van der Waals surface area contributed by atoms with Gasteiger partial charge in [0.2, 0.25) is 0 Å². The number of carbonyl (C=O) groups excluding carboxylic acids is 2. The van der Waals surface area contributed by atoms with Crippen molar-refractivity contribution in [3.8, 4) is 0 Å². The van der Waals surface area contributed by atoms with Crippen LogP contribution in [-0.2, 0) is 11.3 Å². The molecule has 0 radical (unpaired) electrons. The van der Waals surface area contributed by atoms with E-state index in [2.05, 4.69) is 10.6 Å². The van der Waals surface area contributed by atoms with Crippen LogP contribution in [-0.4, -0.2) is 25.9 Å². The van der Waals surface area contributed by atoms with Crippen molar-refractivity contribution in [2.75, 3.05) is 19.0 Å². The van der Waals surface area contributed by atoms with Gasteiger partial charge in [0, 0.05) is 31.9 Å². The van der Waals surface area contributed by atoms with Crippen LogP contribution in [0.4, 0.5) is 5.69 Å². The number of anilines is 1. The Labute approximate surface area is 183 Å². The summed E-state index contributed by atoms with van der Waals surface area (Å²) in [6.07, 6.45) is 1.69. The van der Waals surface area contributed by atoms with Crippen LogP contribution in [0.25, 0.3) is 6.08 Å². The number of nitrogens with one attached hydrogen (secondary N) is 2. The molecule has 0 saturated heterocycles. The Bertz CT molecular complexity index is 1050. The second kappa shape index (κ2) is 10.3. The minimum absolute atomic E-state index is 0.193. The van der Waals surface area contributed by atoms with E-state index in [9.17, 15) is 9.59 Å². The van der Waals surface area contributed by atoms with Gasteiger partial charge in [-0.2, -0.15) is 0 Å². The first-order valence-corrected chi connectivity index (χ1v) is 10.1. The van der Waals surface area contributed by atoms with Crippen LogP contribution in [0.5, 0.6) is 0 Å². The van der Waals surface area contributed by atoms with E-state index in [0.717, 1.165) is 22.4 Å². The summed E-state index contributed by atoms with van der Waals surface area (Å²) in [5.41, 5.74) is 4.70. The topological polar surface area (TPSA) is 61.4 Å². The number of amides is 2. The highest BCUT2D eigenvalue weighted by atomic mass is 16.2. The average Bonchev–Trinajstić information content (AvgIpc) is 2.79. The van der Waals surface area contributed by atoms with Crippen molar-refractivity contribution in [1.82, 2.24) is 10.6 Å². The normalized spacial score (nSPS) is 11.0. The van der Waals surface area contributed by atoms with Crippen molar-refractivity contribution >= 4 is 23.6 Å². The third-order valence-corrected chi connectivity index (χ3v) is 4.82. The van der Waals surface area contributed by atoms with Crippen LogP contribution in [0, 0.1) is 6.92 Å². The van der Waals surface area contributed by atoms with Crippen LogP contribution in [0.3, 0.4) is 0 Å². The fourth-order valence-corrected chi connectivity index (χ4v) is 2.96. The number of carbonyl (C=O) groups is 2. The maximum atomic E-state index is 12.9. The zero-order chi connectivity index (χ0) is 22.2. The second-order valence-corrected chi connectivity index (χ2v) is 7.53. The summed E-state index contributed by atoms with van der Waals surface area (Å²) in [6.45, 7) is 2.39. The van der Waals surface area contributed by atoms with Crippen LogP contribution in [0.1, 0.15) is 27.0 Å². The zero-order valence-electron chi connectivity index (χ0n) is 18.1. The first-order valence-electron chi connectivity index (χ1n) is 10.1. The Morgan fingerprint density at radius 3 is 2.13 bits per heavy atom. The van der Waals surface area contributed by atoms with Gasteiger partial charge >= 0.3 is 0 Å². The van der Waals surface area contributed by atoms with E-state index in [1.807, 2.05) is 80.5 Å². The molecule has 3 aromatic rings. The summed E-state index contributed by atoms with van der Waals surface area (Å²) in [4.78, 5) is 27.6. The van der Waals surface area contributed by atoms with Crippen molar-refractivity contribution in [3.05, 3.63) is 107 Å². The van der Waals surface area contributed by atoms with Crippen molar-refractivity contribution in [2.24, 2.45) is 0 Å². The van der Waals surface area contributed by atoms with Crippen LogP contribution in [0.2, 0.25) is 0 Å². The summed E-state index contributed by atoms with van der Waals surface area (Å²) in [6, 6.07) is 24.5. The van der Waals surface area contributed by atoms with Crippen molar-refractivity contribution in [2.45, 2.75) is 13.5 Å². The van der Waals surface area contributed by atoms with Crippen LogP contribution >= 0.6 is 0 Å². The monoisotopic (exact) mass is 413 g/mol. The number of hydrogen-bond acceptors (Lipinski definition) is 3. The molecule has 0 fully saturated rings. The summed E-state index contributed by atoms with van der Waals surface area (Å²) < 4.78 is 0. The molecule has 0 bridgehead atoms. The fourth-order valence-electron chi connectivity index (χ4n) is 2.96. The van der Waals surface area contributed by atoms with Gasteiger partial charge in [-0.05, 0) is 48.4 Å². The lowest BCUT2D eigenvalue weighted by Gasteiger charge is -2.13. The molecule has 5 nitrogen and oxygen atoms in total. The highest BCUT2D eigenvalue weighted by Crippen LogP contribution is 2.15. The predicted octanol–water partition coefficient (Wildman–Crippen LogP) is 4.15. The Kier molecular flexibility index (Phi) is 7.22. The summed E-state index contributed by atoms with van der Waals surface area (Å²) in [5.74, 6) is -0.677. The van der Waals surface area contributed by atoms with Gasteiger partial charge in [0.25, 0.3) is 11.8 Å². The van der Waals surface area contributed by atoms with Crippen molar-refractivity contribution in [3.63, 3.8) is 0 Å². The predicted molar refractivity (Wildman–Crippen MR) is 126 cm³/mol. The minimum Gasteiger partial charge on any atom is -0.378 e. The molecular formula is C26H27N3O2. The molecule has 0 aromatic heterocycles. The summed E-state index contributed by atoms with van der Waals surface area (Å²) in [5, 5.41) is 5.66. The summed E-state index contributed by atoms with van der Waals surface area (Å²) in [7, 11) is 3.93. The van der Waals surface area contributed by atoms with Gasteiger partial charge < -0.3 is 15.5 Å². The van der Waals surface area contributed by atoms with Crippen LogP contribution in [0.15, 0.2) is 84.6 Å². The van der Waals surface area contributed by atoms with E-state index in [1.54, 1.807) is 30.3 Å². The lowest BCUT2D eigenvalue weighted by atomic mass is 10.1. The standard InChI is InChI=1S/C26H27N3O2/c1-19-9-11-21(12-10-19)18-27-26(31)24(28-25(30)22-7-5-4-6-8-22)17-20-13-15-23(16-14-20)29(2)3/h4-17H,18H2,1-3H3,(H,27,31)(H,28,30)/b24-17-. The Balaban J connectivity index is 1.80. The van der Waals surface area contributed by atoms with E-state index in [4.69, 9.17) is 0 Å². The van der Waals surface area contributed by atoms with E-state index in [-0.39, 0.29) is 17.5 Å². The van der Waals surface area contributed by atoms with Gasteiger partial charge in [-0.1, -0.05) is 60.2 Å². The highest BCUT2D eigenvalue weighted by Gasteiger charge is 2.14. The molecule has 3 rings (SSSR count). The van der Waals surface area contributed by atoms with Gasteiger partial charge in [0.05, 0.1) is 0 Å². The molecule has 0 spiro atoms. The lowest BCUT2D eigenvalue weighted by molar-refractivity contribution is -0.117. The molecule has 3 aromatic carbocycles. The lowest BCUT2D eigenvalue weighted by Crippen LogP contribution is -2.34. The smallest absolute Gasteiger partial charge is 0.268 e. The molecule has 2 amide bonds. The van der Waals surface area contributed by atoms with E-state index in [1.165, 1.54) is 0 Å². The molecule has 2 N–H and O–H groups in total. The molecule has 0 aliphatic rings. The van der Waals surface area contributed by atoms with E-state index < -0.39 is 0 Å². The van der Waals surface area contributed by atoms with Gasteiger partial charge in [0.1, 0.15) is 5.70 Å². The Hall–Kier alpha value is -3.86. The van der Waals surface area contributed by atoms with Crippen LogP contribution < -0.4 is 15.5 Å². The molecule has 31 heavy (non-hydrogen) atoms. The van der Waals surface area contributed by atoms with Gasteiger partial charge in [0.15, 0.2) is 0 Å². The molecular weight excluding hydrogens is 386 g/mol. The molecule has 0 unspecified atom stereocenters. The number of aryl methyl sites for hydroxylation is 1. The maximum Gasteiger partial charge on any atom is 0.268 e. The molecule has 0 aliphatic carbocycles. The number of benzene rings is 3. The first kappa shape index (κ1) is 21.8. The SMILES string of the molecule is Cc1ccc(CNC(=O)/C(=C/c2ccc(N(C)C)cc2)NC(=O)c2ccccc2)cc1. The highest BCUT2D eigenvalue weighted by molar-refractivity contribution is 6.05. The maximum absolute atomic E-state index is 12.9. The average molecular weight is 414 g/mol. The van der Waals surface area contributed by atoms with E-state index >= 15 is 0 Å². The quantitative estimate of drug-likeness (QED) is 0.572. The Morgan fingerprint density at radius 1 is 0.871 bits per heavy atom. The molecule has 158 valence electrons. The molecule has 0 saturated carbocycles. The molecule has 5 heteroatoms. The number of rotatable bonds is 7. The largest absolute Gasteiger partial charge is 0.378 e. The van der Waals surface area contributed by atoms with Gasteiger partial charge in [-0.15, -0.1) is 0 Å². The fraction of sp³-hybridized carbons (Fsp3) is 0.154. The molecule has 0 atom stereocenters. The minimum atomic E-state index is -0.346. The second-order valence-electron chi connectivity index (χ2n) is 7.53.